The third-order valence-corrected chi connectivity index (χ3v) is 4.54. The number of likely N-dealkylation sites (tertiary alicyclic amines) is 1. The zero-order valence-corrected chi connectivity index (χ0v) is 12.4. The van der Waals surface area contributed by atoms with Gasteiger partial charge >= 0.3 is 0 Å². The van der Waals surface area contributed by atoms with E-state index in [0.717, 1.165) is 42.2 Å². The number of rotatable bonds is 4. The van der Waals surface area contributed by atoms with Crippen molar-refractivity contribution in [3.05, 3.63) is 40.2 Å². The van der Waals surface area contributed by atoms with Gasteiger partial charge in [0.2, 0.25) is 5.91 Å². The number of aromatic nitrogens is 1. The Hall–Kier alpha value is -2.19. The zero-order chi connectivity index (χ0) is 14.7. The first-order valence-electron chi connectivity index (χ1n) is 6.99. The number of carbonyl (C=O) groups excluding carboxylic acids is 1. The molecule has 3 rings (SSSR count). The van der Waals surface area contributed by atoms with Crippen molar-refractivity contribution in [1.82, 2.24) is 9.88 Å². The average Bonchev–Trinajstić information content (AvgIpc) is 3.14. The van der Waals surface area contributed by atoms with Crippen LogP contribution >= 0.6 is 11.3 Å². The van der Waals surface area contributed by atoms with E-state index in [4.69, 9.17) is 5.26 Å². The molecular weight excluding hydrogens is 282 g/mol. The highest BCUT2D eigenvalue weighted by atomic mass is 32.1. The lowest BCUT2D eigenvalue weighted by atomic mass is 10.1. The van der Waals surface area contributed by atoms with E-state index in [9.17, 15) is 4.79 Å². The van der Waals surface area contributed by atoms with Crippen LogP contribution in [0.3, 0.4) is 0 Å². The van der Waals surface area contributed by atoms with Crippen molar-refractivity contribution >= 4 is 17.2 Å². The molecule has 1 aliphatic heterocycles. The fraction of sp³-hybridized carbons (Fsp3) is 0.312. The minimum atomic E-state index is 0.263. The molecule has 4 nitrogen and oxygen atoms in total. The van der Waals surface area contributed by atoms with Crippen LogP contribution in [0.1, 0.15) is 23.4 Å². The molecule has 1 aromatic heterocycles. The largest absolute Gasteiger partial charge is 0.342 e. The van der Waals surface area contributed by atoms with Crippen LogP contribution < -0.4 is 0 Å². The van der Waals surface area contributed by atoms with E-state index in [-0.39, 0.29) is 5.91 Å². The quantitative estimate of drug-likeness (QED) is 0.872. The van der Waals surface area contributed by atoms with Crippen molar-refractivity contribution in [3.8, 4) is 17.3 Å². The molecule has 1 aliphatic rings. The van der Waals surface area contributed by atoms with Gasteiger partial charge in [0.15, 0.2) is 0 Å². The predicted octanol–water partition coefficient (Wildman–Crippen LogP) is 2.85. The second-order valence-corrected chi connectivity index (χ2v) is 5.99. The van der Waals surface area contributed by atoms with Gasteiger partial charge in [0.25, 0.3) is 0 Å². The van der Waals surface area contributed by atoms with Crippen LogP contribution in [-0.2, 0) is 11.2 Å². The molecule has 0 unspecified atom stereocenters. The van der Waals surface area contributed by atoms with Crippen LogP contribution in [0.25, 0.3) is 11.3 Å². The lowest BCUT2D eigenvalue weighted by molar-refractivity contribution is -0.127. The van der Waals surface area contributed by atoms with Gasteiger partial charge in [0.05, 0.1) is 22.3 Å². The molecule has 1 amide bonds. The summed E-state index contributed by atoms with van der Waals surface area (Å²) in [7, 11) is 0. The summed E-state index contributed by atoms with van der Waals surface area (Å²) in [5, 5.41) is 11.9. The molecule has 5 heteroatoms. The standard InChI is InChI=1S/C16H15N3OS/c17-10-12-3-5-13(6-4-12)14-11-21-15(18-14)7-9-19-8-1-2-16(19)20/h3-6,11H,1-2,7-9H2. The van der Waals surface area contributed by atoms with Crippen LogP contribution in [-0.4, -0.2) is 28.9 Å². The molecule has 106 valence electrons. The summed E-state index contributed by atoms with van der Waals surface area (Å²) >= 11 is 1.62. The summed E-state index contributed by atoms with van der Waals surface area (Å²) in [4.78, 5) is 18.1. The third-order valence-electron chi connectivity index (χ3n) is 3.63. The molecule has 1 fully saturated rings. The molecule has 1 saturated heterocycles. The molecule has 0 bridgehead atoms. The van der Waals surface area contributed by atoms with Crippen LogP contribution in [0.15, 0.2) is 29.6 Å². The maximum absolute atomic E-state index is 11.6. The summed E-state index contributed by atoms with van der Waals surface area (Å²) in [6.45, 7) is 1.64. The Morgan fingerprint density at radius 3 is 2.81 bits per heavy atom. The highest BCUT2D eigenvalue weighted by Crippen LogP contribution is 2.23. The number of amides is 1. The van der Waals surface area contributed by atoms with Crippen molar-refractivity contribution in [3.63, 3.8) is 0 Å². The predicted molar refractivity (Wildman–Crippen MR) is 81.8 cm³/mol. The Kier molecular flexibility index (Phi) is 3.98. The normalized spacial score (nSPS) is 14.4. The van der Waals surface area contributed by atoms with Crippen LogP contribution in [0.2, 0.25) is 0 Å². The molecule has 2 heterocycles. The molecular formula is C16H15N3OS. The van der Waals surface area contributed by atoms with Gasteiger partial charge in [-0.3, -0.25) is 4.79 Å². The number of nitrogens with zero attached hydrogens (tertiary/aromatic N) is 3. The molecule has 0 aliphatic carbocycles. The number of nitriles is 1. The van der Waals surface area contributed by atoms with Crippen molar-refractivity contribution in [2.75, 3.05) is 13.1 Å². The first-order chi connectivity index (χ1) is 10.3. The van der Waals surface area contributed by atoms with Crippen molar-refractivity contribution in [2.45, 2.75) is 19.3 Å². The summed E-state index contributed by atoms with van der Waals surface area (Å²) in [5.74, 6) is 0.263. The Labute approximate surface area is 127 Å². The molecule has 0 atom stereocenters. The van der Waals surface area contributed by atoms with Crippen LogP contribution in [0, 0.1) is 11.3 Å². The number of hydrogen-bond acceptors (Lipinski definition) is 4. The lowest BCUT2D eigenvalue weighted by Crippen LogP contribution is -2.26. The first kappa shape index (κ1) is 13.8. The van der Waals surface area contributed by atoms with Crippen LogP contribution in [0.5, 0.6) is 0 Å². The van der Waals surface area contributed by atoms with Crippen molar-refractivity contribution in [2.24, 2.45) is 0 Å². The number of thiazole rings is 1. The highest BCUT2D eigenvalue weighted by molar-refractivity contribution is 7.09. The molecule has 0 spiro atoms. The van der Waals surface area contributed by atoms with Crippen molar-refractivity contribution < 1.29 is 4.79 Å². The Bertz CT molecular complexity index is 684. The Balaban J connectivity index is 1.65. The molecule has 0 saturated carbocycles. The SMILES string of the molecule is N#Cc1ccc(-c2csc(CCN3CCCC3=O)n2)cc1. The fourth-order valence-electron chi connectivity index (χ4n) is 2.44. The summed E-state index contributed by atoms with van der Waals surface area (Å²) in [5.41, 5.74) is 2.61. The van der Waals surface area contributed by atoms with E-state index < -0.39 is 0 Å². The van der Waals surface area contributed by atoms with E-state index in [1.165, 1.54) is 0 Å². The molecule has 0 radical (unpaired) electrons. The lowest BCUT2D eigenvalue weighted by Gasteiger charge is -2.13. The van der Waals surface area contributed by atoms with Gasteiger partial charge in [-0.15, -0.1) is 11.3 Å². The average molecular weight is 297 g/mol. The van der Waals surface area contributed by atoms with Gasteiger partial charge in [-0.05, 0) is 18.6 Å². The monoisotopic (exact) mass is 297 g/mol. The first-order valence-corrected chi connectivity index (χ1v) is 7.87. The fourth-order valence-corrected chi connectivity index (χ4v) is 3.24. The Morgan fingerprint density at radius 2 is 2.14 bits per heavy atom. The number of hydrogen-bond donors (Lipinski definition) is 0. The van der Waals surface area contributed by atoms with E-state index in [0.29, 0.717) is 12.0 Å². The van der Waals surface area contributed by atoms with E-state index in [1.54, 1.807) is 23.5 Å². The zero-order valence-electron chi connectivity index (χ0n) is 11.6. The number of carbonyl (C=O) groups is 1. The van der Waals surface area contributed by atoms with Crippen LogP contribution in [0.4, 0.5) is 0 Å². The van der Waals surface area contributed by atoms with Gasteiger partial charge in [0, 0.05) is 36.9 Å². The topological polar surface area (TPSA) is 57.0 Å². The molecule has 2 aromatic rings. The van der Waals surface area contributed by atoms with E-state index in [2.05, 4.69) is 11.1 Å². The Morgan fingerprint density at radius 1 is 1.33 bits per heavy atom. The second kappa shape index (κ2) is 6.06. The number of benzene rings is 1. The molecule has 21 heavy (non-hydrogen) atoms. The summed E-state index contributed by atoms with van der Waals surface area (Å²) < 4.78 is 0. The van der Waals surface area contributed by atoms with E-state index >= 15 is 0 Å². The molecule has 0 N–H and O–H groups in total. The third kappa shape index (κ3) is 3.11. The minimum absolute atomic E-state index is 0.263. The maximum atomic E-state index is 11.6. The van der Waals surface area contributed by atoms with Gasteiger partial charge < -0.3 is 4.90 Å². The molecule has 1 aromatic carbocycles. The van der Waals surface area contributed by atoms with Gasteiger partial charge in [0.1, 0.15) is 0 Å². The highest BCUT2D eigenvalue weighted by Gasteiger charge is 2.19. The van der Waals surface area contributed by atoms with Gasteiger partial charge in [-0.1, -0.05) is 12.1 Å². The van der Waals surface area contributed by atoms with Crippen molar-refractivity contribution in [1.29, 1.82) is 5.26 Å². The van der Waals surface area contributed by atoms with Gasteiger partial charge in [-0.2, -0.15) is 5.26 Å². The summed E-state index contributed by atoms with van der Waals surface area (Å²) in [6.07, 6.45) is 2.48. The van der Waals surface area contributed by atoms with Gasteiger partial charge in [-0.25, -0.2) is 4.98 Å². The maximum Gasteiger partial charge on any atom is 0.222 e. The smallest absolute Gasteiger partial charge is 0.222 e. The minimum Gasteiger partial charge on any atom is -0.342 e. The summed E-state index contributed by atoms with van der Waals surface area (Å²) in [6, 6.07) is 9.55. The second-order valence-electron chi connectivity index (χ2n) is 5.05. The van der Waals surface area contributed by atoms with E-state index in [1.807, 2.05) is 22.4 Å².